The normalized spacial score (nSPS) is 17.2. The lowest BCUT2D eigenvalue weighted by molar-refractivity contribution is 0.221. The molecular formula is C17H24N4. The van der Waals surface area contributed by atoms with Gasteiger partial charge in [-0.05, 0) is 43.7 Å². The molecule has 1 aliphatic heterocycles. The first-order valence-electron chi connectivity index (χ1n) is 7.78. The summed E-state index contributed by atoms with van der Waals surface area (Å²) in [6.07, 6.45) is 4.33. The second-order valence-corrected chi connectivity index (χ2v) is 5.88. The van der Waals surface area contributed by atoms with Gasteiger partial charge in [-0.15, -0.1) is 0 Å². The predicted molar refractivity (Wildman–Crippen MR) is 89.7 cm³/mol. The molecule has 0 radical (unpaired) electrons. The smallest absolute Gasteiger partial charge is 0.0743 e. The van der Waals surface area contributed by atoms with Gasteiger partial charge in [-0.2, -0.15) is 0 Å². The zero-order chi connectivity index (χ0) is 14.8. The van der Waals surface area contributed by atoms with Gasteiger partial charge in [-0.1, -0.05) is 6.92 Å². The molecule has 0 amide bonds. The summed E-state index contributed by atoms with van der Waals surface area (Å²) in [5, 5.41) is 1.19. The monoisotopic (exact) mass is 284 g/mol. The van der Waals surface area contributed by atoms with E-state index in [1.807, 2.05) is 18.3 Å². The van der Waals surface area contributed by atoms with Gasteiger partial charge in [0.15, 0.2) is 0 Å². The summed E-state index contributed by atoms with van der Waals surface area (Å²) >= 11 is 0. The minimum absolute atomic E-state index is 0.607. The standard InChI is InChI=1S/C17H24N4/c1-3-21-10-7-14(8-11-21)20(2)17-6-9-19-16-12-13(18)4-5-15(16)17/h4-6,9,12,14H,3,7-8,10-11,18H2,1-2H3. The molecular weight excluding hydrogens is 260 g/mol. The van der Waals surface area contributed by atoms with Crippen molar-refractivity contribution >= 4 is 22.3 Å². The van der Waals surface area contributed by atoms with Gasteiger partial charge in [0.25, 0.3) is 0 Å². The average Bonchev–Trinajstić information content (AvgIpc) is 2.53. The molecule has 0 bridgehead atoms. The van der Waals surface area contributed by atoms with E-state index in [2.05, 4.69) is 40.9 Å². The number of piperidine rings is 1. The SMILES string of the molecule is CCN1CCC(N(C)c2ccnc3cc(N)ccc23)CC1. The Bertz CT molecular complexity index is 617. The van der Waals surface area contributed by atoms with Crippen molar-refractivity contribution in [3.63, 3.8) is 0 Å². The van der Waals surface area contributed by atoms with Gasteiger partial charge < -0.3 is 15.5 Å². The average molecular weight is 284 g/mol. The number of rotatable bonds is 3. The molecule has 1 aromatic heterocycles. The molecule has 0 unspecified atom stereocenters. The van der Waals surface area contributed by atoms with E-state index in [1.54, 1.807) is 0 Å². The van der Waals surface area contributed by atoms with Crippen LogP contribution in [0.5, 0.6) is 0 Å². The van der Waals surface area contributed by atoms with E-state index in [-0.39, 0.29) is 0 Å². The molecule has 0 atom stereocenters. The lowest BCUT2D eigenvalue weighted by atomic mass is 10.0. The maximum Gasteiger partial charge on any atom is 0.0743 e. The first-order chi connectivity index (χ1) is 10.2. The first-order valence-corrected chi connectivity index (χ1v) is 7.78. The number of nitrogens with two attached hydrogens (primary N) is 1. The predicted octanol–water partition coefficient (Wildman–Crippen LogP) is 2.74. The molecule has 21 heavy (non-hydrogen) atoms. The second kappa shape index (κ2) is 5.90. The third-order valence-corrected chi connectivity index (χ3v) is 4.68. The summed E-state index contributed by atoms with van der Waals surface area (Å²) in [5.74, 6) is 0. The Kier molecular flexibility index (Phi) is 3.97. The van der Waals surface area contributed by atoms with Crippen LogP contribution >= 0.6 is 0 Å². The number of fused-ring (bicyclic) bond motifs is 1. The van der Waals surface area contributed by atoms with E-state index in [1.165, 1.54) is 37.0 Å². The van der Waals surface area contributed by atoms with Crippen molar-refractivity contribution in [2.24, 2.45) is 0 Å². The second-order valence-electron chi connectivity index (χ2n) is 5.88. The quantitative estimate of drug-likeness (QED) is 0.880. The molecule has 0 saturated carbocycles. The molecule has 1 saturated heterocycles. The van der Waals surface area contributed by atoms with Gasteiger partial charge >= 0.3 is 0 Å². The number of pyridine rings is 1. The zero-order valence-electron chi connectivity index (χ0n) is 12.9. The highest BCUT2D eigenvalue weighted by Crippen LogP contribution is 2.29. The molecule has 112 valence electrons. The fourth-order valence-corrected chi connectivity index (χ4v) is 3.28. The summed E-state index contributed by atoms with van der Waals surface area (Å²) in [6.45, 7) is 5.79. The lowest BCUT2D eigenvalue weighted by Gasteiger charge is -2.37. The van der Waals surface area contributed by atoms with Crippen LogP contribution in [0, 0.1) is 0 Å². The van der Waals surface area contributed by atoms with E-state index in [0.29, 0.717) is 6.04 Å². The van der Waals surface area contributed by atoms with Crippen LogP contribution < -0.4 is 10.6 Å². The molecule has 2 aromatic rings. The van der Waals surface area contributed by atoms with Crippen molar-refractivity contribution in [2.75, 3.05) is 37.3 Å². The van der Waals surface area contributed by atoms with Crippen molar-refractivity contribution < 1.29 is 0 Å². The Balaban J connectivity index is 1.86. The maximum absolute atomic E-state index is 5.86. The Morgan fingerprint density at radius 2 is 2.05 bits per heavy atom. The highest BCUT2D eigenvalue weighted by atomic mass is 15.2. The topological polar surface area (TPSA) is 45.4 Å². The molecule has 0 aliphatic carbocycles. The Hall–Kier alpha value is -1.81. The molecule has 1 aliphatic rings. The summed E-state index contributed by atoms with van der Waals surface area (Å²) < 4.78 is 0. The van der Waals surface area contributed by atoms with Crippen LogP contribution in [0.3, 0.4) is 0 Å². The van der Waals surface area contributed by atoms with Crippen molar-refractivity contribution in [3.8, 4) is 0 Å². The largest absolute Gasteiger partial charge is 0.399 e. The van der Waals surface area contributed by atoms with Crippen molar-refractivity contribution in [1.29, 1.82) is 0 Å². The highest BCUT2D eigenvalue weighted by Gasteiger charge is 2.22. The van der Waals surface area contributed by atoms with Crippen LogP contribution in [0.25, 0.3) is 10.9 Å². The fraction of sp³-hybridized carbons (Fsp3) is 0.471. The fourth-order valence-electron chi connectivity index (χ4n) is 3.28. The van der Waals surface area contributed by atoms with Crippen LogP contribution in [0.4, 0.5) is 11.4 Å². The molecule has 2 N–H and O–H groups in total. The van der Waals surface area contributed by atoms with Crippen LogP contribution in [-0.2, 0) is 0 Å². The van der Waals surface area contributed by atoms with Gasteiger partial charge in [-0.25, -0.2) is 0 Å². The highest BCUT2D eigenvalue weighted by molar-refractivity contribution is 5.93. The van der Waals surface area contributed by atoms with Crippen LogP contribution in [0.2, 0.25) is 0 Å². The Labute approximate surface area is 126 Å². The third-order valence-electron chi connectivity index (χ3n) is 4.68. The maximum atomic E-state index is 5.86. The molecule has 2 heterocycles. The summed E-state index contributed by atoms with van der Waals surface area (Å²) in [5.41, 5.74) is 8.87. The number of aromatic nitrogens is 1. The first kappa shape index (κ1) is 14.1. The van der Waals surface area contributed by atoms with Crippen LogP contribution in [0.1, 0.15) is 19.8 Å². The van der Waals surface area contributed by atoms with Crippen LogP contribution in [-0.4, -0.2) is 42.6 Å². The van der Waals surface area contributed by atoms with Crippen molar-refractivity contribution in [3.05, 3.63) is 30.5 Å². The minimum Gasteiger partial charge on any atom is -0.399 e. The van der Waals surface area contributed by atoms with Gasteiger partial charge in [0.1, 0.15) is 0 Å². The van der Waals surface area contributed by atoms with Gasteiger partial charge in [0, 0.05) is 49.1 Å². The molecule has 1 fully saturated rings. The van der Waals surface area contributed by atoms with Crippen LogP contribution in [0.15, 0.2) is 30.5 Å². The summed E-state index contributed by atoms with van der Waals surface area (Å²) in [6, 6.07) is 8.72. The number of hydrogen-bond donors (Lipinski definition) is 1. The molecule has 4 nitrogen and oxygen atoms in total. The number of benzene rings is 1. The molecule has 0 spiro atoms. The number of nitrogens with zero attached hydrogens (tertiary/aromatic N) is 3. The van der Waals surface area contributed by atoms with E-state index < -0.39 is 0 Å². The van der Waals surface area contributed by atoms with Crippen molar-refractivity contribution in [2.45, 2.75) is 25.8 Å². The van der Waals surface area contributed by atoms with Gasteiger partial charge in [0.2, 0.25) is 0 Å². The van der Waals surface area contributed by atoms with E-state index >= 15 is 0 Å². The Morgan fingerprint density at radius 1 is 1.29 bits per heavy atom. The third kappa shape index (κ3) is 2.81. The number of nitrogen functional groups attached to an aromatic ring is 1. The molecule has 1 aromatic carbocycles. The number of hydrogen-bond acceptors (Lipinski definition) is 4. The number of anilines is 2. The molecule has 4 heteroatoms. The summed E-state index contributed by atoms with van der Waals surface area (Å²) in [7, 11) is 2.21. The Morgan fingerprint density at radius 3 is 2.76 bits per heavy atom. The van der Waals surface area contributed by atoms with Gasteiger partial charge in [-0.3, -0.25) is 4.98 Å². The summed E-state index contributed by atoms with van der Waals surface area (Å²) in [4.78, 5) is 9.39. The zero-order valence-corrected chi connectivity index (χ0v) is 12.9. The van der Waals surface area contributed by atoms with E-state index in [9.17, 15) is 0 Å². The van der Waals surface area contributed by atoms with E-state index in [0.717, 1.165) is 17.7 Å². The van der Waals surface area contributed by atoms with Gasteiger partial charge in [0.05, 0.1) is 5.52 Å². The minimum atomic E-state index is 0.607. The van der Waals surface area contributed by atoms with E-state index in [4.69, 9.17) is 5.73 Å². The number of likely N-dealkylation sites (tertiary alicyclic amines) is 1. The molecule has 3 rings (SSSR count). The lowest BCUT2D eigenvalue weighted by Crippen LogP contribution is -2.43. The van der Waals surface area contributed by atoms with Crippen molar-refractivity contribution in [1.82, 2.24) is 9.88 Å².